The first-order valence-electron chi connectivity index (χ1n) is 9.75. The van der Waals surface area contributed by atoms with E-state index in [-0.39, 0.29) is 35.2 Å². The molecule has 5 nitrogen and oxygen atoms in total. The molecule has 1 atom stereocenters. The van der Waals surface area contributed by atoms with Gasteiger partial charge in [-0.25, -0.2) is 0 Å². The molecule has 1 saturated carbocycles. The van der Waals surface area contributed by atoms with Crippen LogP contribution in [0.2, 0.25) is 0 Å². The van der Waals surface area contributed by atoms with E-state index in [1.165, 1.54) is 5.56 Å². The molecule has 1 saturated heterocycles. The standard InChI is InChI=1S/C21H26N2O3/c24-19-17-8-4-5-13-23(17)18(20(19)25)21(26)22-16-11-9-15(10-12-16)14-6-2-1-3-7-14/h1-3,6-7,15-17,25H,4-5,8-13H2,(H,22,26)/t15-,16+,17?. The molecule has 3 aliphatic rings. The molecular weight excluding hydrogens is 328 g/mol. The molecule has 0 bridgehead atoms. The summed E-state index contributed by atoms with van der Waals surface area (Å²) < 4.78 is 0. The molecular formula is C21H26N2O3. The zero-order chi connectivity index (χ0) is 18.1. The Labute approximate surface area is 154 Å². The minimum Gasteiger partial charge on any atom is -0.503 e. The van der Waals surface area contributed by atoms with E-state index in [2.05, 4.69) is 29.6 Å². The average Bonchev–Trinajstić information content (AvgIpc) is 2.94. The number of ketones is 1. The van der Waals surface area contributed by atoms with E-state index in [1.54, 1.807) is 0 Å². The Morgan fingerprint density at radius 3 is 2.50 bits per heavy atom. The molecule has 0 aromatic heterocycles. The zero-order valence-electron chi connectivity index (χ0n) is 15.0. The Bertz CT molecular complexity index is 720. The number of carbonyl (C=O) groups excluding carboxylic acids is 2. The lowest BCUT2D eigenvalue weighted by Crippen LogP contribution is -2.45. The summed E-state index contributed by atoms with van der Waals surface area (Å²) >= 11 is 0. The van der Waals surface area contributed by atoms with Gasteiger partial charge in [0.05, 0.1) is 6.04 Å². The molecule has 1 aromatic rings. The summed E-state index contributed by atoms with van der Waals surface area (Å²) in [7, 11) is 0. The molecule has 1 amide bonds. The first-order chi connectivity index (χ1) is 12.6. The van der Waals surface area contributed by atoms with Crippen molar-refractivity contribution in [2.45, 2.75) is 62.9 Å². The maximum atomic E-state index is 12.8. The summed E-state index contributed by atoms with van der Waals surface area (Å²) in [5, 5.41) is 13.3. The average molecular weight is 354 g/mol. The summed E-state index contributed by atoms with van der Waals surface area (Å²) in [6.07, 6.45) is 6.60. The van der Waals surface area contributed by atoms with Gasteiger partial charge >= 0.3 is 0 Å². The fourth-order valence-corrected chi connectivity index (χ4v) is 4.67. The number of aliphatic hydroxyl groups excluding tert-OH is 1. The molecule has 2 heterocycles. The van der Waals surface area contributed by atoms with Gasteiger partial charge in [-0.15, -0.1) is 0 Å². The van der Waals surface area contributed by atoms with Gasteiger partial charge in [0.2, 0.25) is 5.78 Å². The molecule has 138 valence electrons. The number of hydrogen-bond acceptors (Lipinski definition) is 4. The van der Waals surface area contributed by atoms with Gasteiger partial charge in [0.1, 0.15) is 5.70 Å². The third kappa shape index (κ3) is 3.11. The smallest absolute Gasteiger partial charge is 0.271 e. The normalized spacial score (nSPS) is 28.8. The predicted octanol–water partition coefficient (Wildman–Crippen LogP) is 3.04. The lowest BCUT2D eigenvalue weighted by Gasteiger charge is -2.33. The number of piperidine rings is 1. The Morgan fingerprint density at radius 1 is 1.04 bits per heavy atom. The summed E-state index contributed by atoms with van der Waals surface area (Å²) in [6.45, 7) is 0.671. The maximum absolute atomic E-state index is 12.8. The van der Waals surface area contributed by atoms with Crippen LogP contribution in [0.4, 0.5) is 0 Å². The number of aliphatic hydroxyl groups is 1. The van der Waals surface area contributed by atoms with Crippen molar-refractivity contribution < 1.29 is 14.7 Å². The Kier molecular flexibility index (Phi) is 4.70. The molecule has 2 fully saturated rings. The fraction of sp³-hybridized carbons (Fsp3) is 0.524. The van der Waals surface area contributed by atoms with Crippen LogP contribution in [0.3, 0.4) is 0 Å². The van der Waals surface area contributed by atoms with Gasteiger partial charge in [-0.05, 0) is 56.4 Å². The van der Waals surface area contributed by atoms with E-state index in [9.17, 15) is 14.7 Å². The van der Waals surface area contributed by atoms with Crippen LogP contribution >= 0.6 is 0 Å². The fourth-order valence-electron chi connectivity index (χ4n) is 4.67. The number of fused-ring (bicyclic) bond motifs is 1. The topological polar surface area (TPSA) is 69.6 Å². The molecule has 5 heteroatoms. The van der Waals surface area contributed by atoms with Crippen LogP contribution in [-0.2, 0) is 9.59 Å². The third-order valence-electron chi connectivity index (χ3n) is 6.10. The monoisotopic (exact) mass is 354 g/mol. The van der Waals surface area contributed by atoms with Gasteiger partial charge in [-0.2, -0.15) is 0 Å². The Hall–Kier alpha value is -2.30. The molecule has 0 radical (unpaired) electrons. The highest BCUT2D eigenvalue weighted by atomic mass is 16.3. The van der Waals surface area contributed by atoms with Crippen molar-refractivity contribution in [1.82, 2.24) is 10.2 Å². The second-order valence-electron chi connectivity index (χ2n) is 7.70. The highest BCUT2D eigenvalue weighted by Crippen LogP contribution is 2.34. The summed E-state index contributed by atoms with van der Waals surface area (Å²) in [4.78, 5) is 26.8. The predicted molar refractivity (Wildman–Crippen MR) is 98.6 cm³/mol. The molecule has 4 rings (SSSR count). The minimum atomic E-state index is -0.340. The van der Waals surface area contributed by atoms with Gasteiger partial charge in [-0.1, -0.05) is 30.3 Å². The third-order valence-corrected chi connectivity index (χ3v) is 6.10. The van der Waals surface area contributed by atoms with Gasteiger partial charge in [0.15, 0.2) is 5.76 Å². The van der Waals surface area contributed by atoms with E-state index in [1.807, 2.05) is 11.0 Å². The summed E-state index contributed by atoms with van der Waals surface area (Å²) in [6, 6.07) is 10.3. The number of amides is 1. The molecule has 26 heavy (non-hydrogen) atoms. The lowest BCUT2D eigenvalue weighted by molar-refractivity contribution is -0.121. The van der Waals surface area contributed by atoms with Crippen LogP contribution in [0.1, 0.15) is 56.4 Å². The van der Waals surface area contributed by atoms with E-state index in [4.69, 9.17) is 0 Å². The molecule has 2 aliphatic heterocycles. The van der Waals surface area contributed by atoms with Gasteiger partial charge in [0.25, 0.3) is 5.91 Å². The van der Waals surface area contributed by atoms with E-state index >= 15 is 0 Å². The second-order valence-corrected chi connectivity index (χ2v) is 7.70. The quantitative estimate of drug-likeness (QED) is 0.875. The van der Waals surface area contributed by atoms with Gasteiger partial charge in [0, 0.05) is 12.6 Å². The highest BCUT2D eigenvalue weighted by Gasteiger charge is 2.44. The zero-order valence-corrected chi connectivity index (χ0v) is 15.0. The number of nitrogens with one attached hydrogen (secondary N) is 1. The van der Waals surface area contributed by atoms with Crippen LogP contribution < -0.4 is 5.32 Å². The number of rotatable bonds is 3. The van der Waals surface area contributed by atoms with Crippen molar-refractivity contribution in [3.8, 4) is 0 Å². The lowest BCUT2D eigenvalue weighted by atomic mass is 9.82. The number of benzene rings is 1. The Morgan fingerprint density at radius 2 is 1.77 bits per heavy atom. The summed E-state index contributed by atoms with van der Waals surface area (Å²) in [5.74, 6) is -0.366. The van der Waals surface area contributed by atoms with Crippen molar-refractivity contribution in [3.05, 3.63) is 47.4 Å². The molecule has 1 unspecified atom stereocenters. The van der Waals surface area contributed by atoms with Crippen LogP contribution in [0.5, 0.6) is 0 Å². The largest absolute Gasteiger partial charge is 0.503 e. The maximum Gasteiger partial charge on any atom is 0.271 e. The van der Waals surface area contributed by atoms with Crippen LogP contribution in [0.25, 0.3) is 0 Å². The van der Waals surface area contributed by atoms with E-state index < -0.39 is 0 Å². The van der Waals surface area contributed by atoms with Crippen molar-refractivity contribution in [1.29, 1.82) is 0 Å². The van der Waals surface area contributed by atoms with Gasteiger partial charge in [-0.3, -0.25) is 9.59 Å². The van der Waals surface area contributed by atoms with E-state index in [0.717, 1.165) is 44.9 Å². The summed E-state index contributed by atoms with van der Waals surface area (Å²) in [5.41, 5.74) is 1.57. The van der Waals surface area contributed by atoms with E-state index in [0.29, 0.717) is 12.5 Å². The molecule has 1 aliphatic carbocycles. The number of hydrogen-bond donors (Lipinski definition) is 2. The van der Waals surface area contributed by atoms with Crippen molar-refractivity contribution in [3.63, 3.8) is 0 Å². The van der Waals surface area contributed by atoms with Crippen molar-refractivity contribution in [2.75, 3.05) is 6.54 Å². The Balaban J connectivity index is 1.38. The van der Waals surface area contributed by atoms with Crippen LogP contribution in [-0.4, -0.2) is 40.3 Å². The van der Waals surface area contributed by atoms with Crippen molar-refractivity contribution in [2.24, 2.45) is 0 Å². The van der Waals surface area contributed by atoms with Gasteiger partial charge < -0.3 is 15.3 Å². The first-order valence-corrected chi connectivity index (χ1v) is 9.75. The number of Topliss-reactive ketones (excluding diaryl/α,β-unsaturated/α-hetero) is 1. The van der Waals surface area contributed by atoms with Crippen LogP contribution in [0, 0.1) is 0 Å². The molecule has 2 N–H and O–H groups in total. The second kappa shape index (κ2) is 7.14. The highest BCUT2D eigenvalue weighted by molar-refractivity contribution is 6.09. The molecule has 1 aromatic carbocycles. The SMILES string of the molecule is O=C(N[C@H]1CC[C@@H](c2ccccc2)CC1)C1=C(O)C(=O)C2CCCCN12. The van der Waals surface area contributed by atoms with Crippen molar-refractivity contribution >= 4 is 11.7 Å². The molecule has 0 spiro atoms. The first kappa shape index (κ1) is 17.1. The van der Waals surface area contributed by atoms with Crippen LogP contribution in [0.15, 0.2) is 41.8 Å². The number of nitrogens with zero attached hydrogens (tertiary/aromatic N) is 1. The number of carbonyl (C=O) groups is 2. The minimum absolute atomic E-state index is 0.113.